The number of hydrogen-bond acceptors (Lipinski definition) is 7. The Balaban J connectivity index is 1.84. The van der Waals surface area contributed by atoms with Gasteiger partial charge in [0.15, 0.2) is 11.5 Å². The summed E-state index contributed by atoms with van der Waals surface area (Å²) in [4.78, 5) is 29.4. The summed E-state index contributed by atoms with van der Waals surface area (Å²) < 4.78 is 21.0. The van der Waals surface area contributed by atoms with Gasteiger partial charge in [0.25, 0.3) is 5.91 Å². The lowest BCUT2D eigenvalue weighted by molar-refractivity contribution is -0.120. The van der Waals surface area contributed by atoms with E-state index in [0.717, 1.165) is 5.56 Å². The van der Waals surface area contributed by atoms with Crippen LogP contribution in [-0.2, 0) is 4.79 Å². The van der Waals surface area contributed by atoms with Crippen LogP contribution in [0.15, 0.2) is 41.4 Å². The fourth-order valence-electron chi connectivity index (χ4n) is 3.07. The molecule has 9 nitrogen and oxygen atoms in total. The third-order valence-electron chi connectivity index (χ3n) is 4.58. The van der Waals surface area contributed by atoms with Gasteiger partial charge < -0.3 is 18.9 Å². The van der Waals surface area contributed by atoms with E-state index in [4.69, 9.17) is 18.9 Å². The Morgan fingerprint density at radius 3 is 2.17 bits per heavy atom. The first kappa shape index (κ1) is 21.0. The fraction of sp³-hybridized carbons (Fsp3) is 0.286. The van der Waals surface area contributed by atoms with E-state index >= 15 is 0 Å². The first-order chi connectivity index (χ1) is 14.5. The van der Waals surface area contributed by atoms with Crippen molar-refractivity contribution in [1.29, 1.82) is 0 Å². The molecule has 3 rings (SSSR count). The van der Waals surface area contributed by atoms with E-state index < -0.39 is 11.9 Å². The Labute approximate surface area is 174 Å². The van der Waals surface area contributed by atoms with Gasteiger partial charge in [0.05, 0.1) is 40.9 Å². The molecule has 0 unspecified atom stereocenters. The monoisotopic (exact) mass is 413 g/mol. The van der Waals surface area contributed by atoms with Gasteiger partial charge in [-0.05, 0) is 29.8 Å². The van der Waals surface area contributed by atoms with E-state index in [1.165, 1.54) is 33.5 Å². The molecule has 0 bridgehead atoms. The average Bonchev–Trinajstić information content (AvgIpc) is 2.77. The minimum Gasteiger partial charge on any atom is -0.497 e. The Morgan fingerprint density at radius 1 is 1.00 bits per heavy atom. The standard InChI is InChI=1S/C21H23N3O6/c1-27-14-7-5-12(6-8-14)15-11-18(25)23-21(22-15)24-20(26)13-9-16(28-2)19(30-4)17(10-13)29-3/h5-10,15H,11H2,1-4H3,(H2,22,23,24,25,26)/t15-/m0/s1. The Morgan fingerprint density at radius 2 is 1.63 bits per heavy atom. The number of aliphatic imine (C=N–C) groups is 1. The molecule has 0 fully saturated rings. The van der Waals surface area contributed by atoms with Gasteiger partial charge in [-0.3, -0.25) is 20.2 Å². The number of methoxy groups -OCH3 is 4. The van der Waals surface area contributed by atoms with Gasteiger partial charge in [-0.15, -0.1) is 0 Å². The molecule has 0 aliphatic carbocycles. The first-order valence-electron chi connectivity index (χ1n) is 9.12. The van der Waals surface area contributed by atoms with Gasteiger partial charge in [-0.25, -0.2) is 4.99 Å². The molecule has 0 aromatic heterocycles. The Bertz CT molecular complexity index is 946. The third-order valence-corrected chi connectivity index (χ3v) is 4.58. The van der Waals surface area contributed by atoms with Crippen molar-refractivity contribution in [1.82, 2.24) is 10.6 Å². The van der Waals surface area contributed by atoms with Crippen LogP contribution in [0.5, 0.6) is 23.0 Å². The molecule has 2 N–H and O–H groups in total. The molecular formula is C21H23N3O6. The number of carbonyl (C=O) groups is 2. The average molecular weight is 413 g/mol. The molecule has 1 aliphatic rings. The van der Waals surface area contributed by atoms with Crippen LogP contribution < -0.4 is 29.6 Å². The maximum Gasteiger partial charge on any atom is 0.258 e. The molecule has 1 aliphatic heterocycles. The van der Waals surface area contributed by atoms with Gasteiger partial charge in [-0.1, -0.05) is 12.1 Å². The molecule has 2 aromatic rings. The number of guanidine groups is 1. The number of hydrogen-bond donors (Lipinski definition) is 2. The van der Waals surface area contributed by atoms with Crippen LogP contribution in [0.1, 0.15) is 28.4 Å². The SMILES string of the molecule is COc1ccc([C@@H]2CC(=O)NC(NC(=O)c3cc(OC)c(OC)c(OC)c3)=N2)cc1. The molecule has 0 saturated carbocycles. The van der Waals surface area contributed by atoms with Crippen molar-refractivity contribution in [2.24, 2.45) is 4.99 Å². The van der Waals surface area contributed by atoms with Crippen LogP contribution in [0.4, 0.5) is 0 Å². The number of carbonyl (C=O) groups excluding carboxylic acids is 2. The van der Waals surface area contributed by atoms with E-state index in [2.05, 4.69) is 15.6 Å². The van der Waals surface area contributed by atoms with Gasteiger partial charge in [0, 0.05) is 5.56 Å². The highest BCUT2D eigenvalue weighted by molar-refractivity contribution is 6.11. The number of benzene rings is 2. The van der Waals surface area contributed by atoms with Crippen LogP contribution in [0.25, 0.3) is 0 Å². The van der Waals surface area contributed by atoms with Crippen molar-refractivity contribution >= 4 is 17.8 Å². The fourth-order valence-corrected chi connectivity index (χ4v) is 3.07. The first-order valence-corrected chi connectivity index (χ1v) is 9.12. The molecule has 1 atom stereocenters. The summed E-state index contributed by atoms with van der Waals surface area (Å²) in [6, 6.07) is 9.89. The second-order valence-electron chi connectivity index (χ2n) is 6.39. The molecule has 0 spiro atoms. The van der Waals surface area contributed by atoms with Crippen LogP contribution in [0.2, 0.25) is 0 Å². The van der Waals surface area contributed by atoms with E-state index in [-0.39, 0.29) is 23.9 Å². The minimum atomic E-state index is -0.483. The largest absolute Gasteiger partial charge is 0.497 e. The van der Waals surface area contributed by atoms with Gasteiger partial charge in [-0.2, -0.15) is 0 Å². The number of ether oxygens (including phenoxy) is 4. The van der Waals surface area contributed by atoms with Gasteiger partial charge >= 0.3 is 0 Å². The van der Waals surface area contributed by atoms with Crippen LogP contribution in [-0.4, -0.2) is 46.2 Å². The van der Waals surface area contributed by atoms with Crippen LogP contribution in [0.3, 0.4) is 0 Å². The lowest BCUT2D eigenvalue weighted by Gasteiger charge is -2.22. The van der Waals surface area contributed by atoms with Crippen molar-refractivity contribution < 1.29 is 28.5 Å². The highest BCUT2D eigenvalue weighted by Crippen LogP contribution is 2.38. The van der Waals surface area contributed by atoms with Crippen molar-refractivity contribution in [3.63, 3.8) is 0 Å². The number of amides is 2. The van der Waals surface area contributed by atoms with Crippen LogP contribution in [0, 0.1) is 0 Å². The Hall–Kier alpha value is -3.75. The maximum atomic E-state index is 12.8. The number of rotatable bonds is 6. The van der Waals surface area contributed by atoms with Gasteiger partial charge in [0.2, 0.25) is 17.6 Å². The van der Waals surface area contributed by atoms with E-state index in [9.17, 15) is 9.59 Å². The van der Waals surface area contributed by atoms with Crippen molar-refractivity contribution in [2.45, 2.75) is 12.5 Å². The quantitative estimate of drug-likeness (QED) is 0.751. The molecule has 158 valence electrons. The highest BCUT2D eigenvalue weighted by Gasteiger charge is 2.25. The highest BCUT2D eigenvalue weighted by atomic mass is 16.5. The summed E-state index contributed by atoms with van der Waals surface area (Å²) in [7, 11) is 5.98. The number of nitrogens with one attached hydrogen (secondary N) is 2. The summed E-state index contributed by atoms with van der Waals surface area (Å²) in [6.07, 6.45) is 0.176. The molecule has 2 aromatic carbocycles. The second-order valence-corrected chi connectivity index (χ2v) is 6.39. The maximum absolute atomic E-state index is 12.8. The molecule has 0 saturated heterocycles. The Kier molecular flexibility index (Phi) is 6.41. The lowest BCUT2D eigenvalue weighted by Crippen LogP contribution is -2.47. The van der Waals surface area contributed by atoms with E-state index in [0.29, 0.717) is 23.0 Å². The second kappa shape index (κ2) is 9.17. The molecule has 30 heavy (non-hydrogen) atoms. The van der Waals surface area contributed by atoms with Crippen molar-refractivity contribution in [3.05, 3.63) is 47.5 Å². The van der Waals surface area contributed by atoms with Crippen LogP contribution >= 0.6 is 0 Å². The molecule has 1 heterocycles. The molecule has 9 heteroatoms. The summed E-state index contributed by atoms with van der Waals surface area (Å²) in [5, 5.41) is 5.22. The van der Waals surface area contributed by atoms with E-state index in [1.807, 2.05) is 12.1 Å². The van der Waals surface area contributed by atoms with E-state index in [1.54, 1.807) is 19.2 Å². The zero-order chi connectivity index (χ0) is 21.7. The van der Waals surface area contributed by atoms with Crippen molar-refractivity contribution in [3.8, 4) is 23.0 Å². The molecule has 0 radical (unpaired) electrons. The summed E-state index contributed by atoms with van der Waals surface area (Å²) in [5.74, 6) is 1.11. The minimum absolute atomic E-state index is 0.0748. The van der Waals surface area contributed by atoms with Crippen molar-refractivity contribution in [2.75, 3.05) is 28.4 Å². The summed E-state index contributed by atoms with van der Waals surface area (Å²) in [5.41, 5.74) is 1.10. The predicted octanol–water partition coefficient (Wildman–Crippen LogP) is 2.07. The predicted molar refractivity (Wildman–Crippen MR) is 109 cm³/mol. The molecule has 2 amide bonds. The zero-order valence-electron chi connectivity index (χ0n) is 17.1. The summed E-state index contributed by atoms with van der Waals surface area (Å²) >= 11 is 0. The molecular weight excluding hydrogens is 390 g/mol. The van der Waals surface area contributed by atoms with Gasteiger partial charge in [0.1, 0.15) is 5.75 Å². The zero-order valence-corrected chi connectivity index (χ0v) is 17.1. The third kappa shape index (κ3) is 4.45. The lowest BCUT2D eigenvalue weighted by atomic mass is 10.0. The normalized spacial score (nSPS) is 15.5. The smallest absolute Gasteiger partial charge is 0.258 e. The topological polar surface area (TPSA) is 107 Å². The number of nitrogens with zero attached hydrogens (tertiary/aromatic N) is 1. The summed E-state index contributed by atoms with van der Waals surface area (Å²) in [6.45, 7) is 0.